The van der Waals surface area contributed by atoms with Crippen LogP contribution in [0.5, 0.6) is 0 Å². The number of urea groups is 1. The van der Waals surface area contributed by atoms with E-state index in [0.29, 0.717) is 25.5 Å². The van der Waals surface area contributed by atoms with Crippen molar-refractivity contribution >= 4 is 11.7 Å². The second-order valence-electron chi connectivity index (χ2n) is 5.99. The number of anilines is 1. The number of nitrogens with zero attached hydrogens (tertiary/aromatic N) is 5. The molecule has 1 aliphatic rings. The minimum atomic E-state index is -0.121. The van der Waals surface area contributed by atoms with E-state index >= 15 is 0 Å². The van der Waals surface area contributed by atoms with Gasteiger partial charge in [-0.3, -0.25) is 0 Å². The van der Waals surface area contributed by atoms with Crippen molar-refractivity contribution in [2.45, 2.75) is 39.5 Å². The van der Waals surface area contributed by atoms with Crippen LogP contribution in [0.3, 0.4) is 0 Å². The molecule has 0 saturated carbocycles. The van der Waals surface area contributed by atoms with E-state index in [-0.39, 0.29) is 18.2 Å². The highest BCUT2D eigenvalue weighted by molar-refractivity contribution is 5.90. The van der Waals surface area contributed by atoms with Crippen LogP contribution in [0.4, 0.5) is 10.5 Å². The number of carbonyl (C=O) groups excluding carboxylic acids is 1. The van der Waals surface area contributed by atoms with E-state index in [1.165, 1.54) is 0 Å². The number of amides is 2. The Morgan fingerprint density at radius 3 is 2.79 bits per heavy atom. The molecule has 8 heteroatoms. The van der Waals surface area contributed by atoms with Crippen molar-refractivity contribution in [3.05, 3.63) is 24.3 Å². The van der Waals surface area contributed by atoms with Crippen molar-refractivity contribution in [3.8, 4) is 11.4 Å². The van der Waals surface area contributed by atoms with Gasteiger partial charge in [0.1, 0.15) is 0 Å². The molecule has 1 aromatic heterocycles. The maximum atomic E-state index is 12.5. The van der Waals surface area contributed by atoms with Crippen LogP contribution < -0.4 is 5.32 Å². The van der Waals surface area contributed by atoms with Crippen LogP contribution in [-0.2, 0) is 11.3 Å². The van der Waals surface area contributed by atoms with Gasteiger partial charge in [-0.1, -0.05) is 12.1 Å². The lowest BCUT2D eigenvalue weighted by atomic mass is 10.2. The third kappa shape index (κ3) is 3.53. The van der Waals surface area contributed by atoms with Gasteiger partial charge in [0.25, 0.3) is 0 Å². The van der Waals surface area contributed by atoms with Gasteiger partial charge in [0.15, 0.2) is 5.82 Å². The van der Waals surface area contributed by atoms with E-state index < -0.39 is 0 Å². The first kappa shape index (κ1) is 16.4. The van der Waals surface area contributed by atoms with E-state index in [1.807, 2.05) is 45.0 Å². The third-order valence-electron chi connectivity index (χ3n) is 3.91. The second kappa shape index (κ2) is 6.96. The van der Waals surface area contributed by atoms with Crippen LogP contribution in [0.25, 0.3) is 11.4 Å². The van der Waals surface area contributed by atoms with Crippen LogP contribution in [0.15, 0.2) is 24.3 Å². The fourth-order valence-electron chi connectivity index (χ4n) is 2.91. The van der Waals surface area contributed by atoms with Crippen molar-refractivity contribution < 1.29 is 9.53 Å². The number of hydrogen-bond donors (Lipinski definition) is 1. The molecule has 1 fully saturated rings. The number of benzene rings is 1. The highest BCUT2D eigenvalue weighted by Crippen LogP contribution is 2.21. The zero-order valence-corrected chi connectivity index (χ0v) is 14.1. The molecule has 3 rings (SSSR count). The number of morpholine rings is 1. The highest BCUT2D eigenvalue weighted by Gasteiger charge is 2.25. The molecule has 0 radical (unpaired) electrons. The van der Waals surface area contributed by atoms with Gasteiger partial charge in [0.2, 0.25) is 0 Å². The molecule has 0 bridgehead atoms. The van der Waals surface area contributed by atoms with Gasteiger partial charge >= 0.3 is 6.03 Å². The van der Waals surface area contributed by atoms with Gasteiger partial charge < -0.3 is 15.0 Å². The number of tetrazole rings is 1. The number of carbonyl (C=O) groups is 1. The van der Waals surface area contributed by atoms with E-state index in [2.05, 4.69) is 20.8 Å². The zero-order valence-electron chi connectivity index (χ0n) is 14.1. The maximum absolute atomic E-state index is 12.5. The summed E-state index contributed by atoms with van der Waals surface area (Å²) in [5.41, 5.74) is 1.58. The lowest BCUT2D eigenvalue weighted by Crippen LogP contribution is -2.49. The molecule has 1 aromatic carbocycles. The third-order valence-corrected chi connectivity index (χ3v) is 3.91. The van der Waals surface area contributed by atoms with Gasteiger partial charge in [0, 0.05) is 30.9 Å². The van der Waals surface area contributed by atoms with Crippen molar-refractivity contribution in [2.24, 2.45) is 0 Å². The summed E-state index contributed by atoms with van der Waals surface area (Å²) >= 11 is 0. The highest BCUT2D eigenvalue weighted by atomic mass is 16.5. The second-order valence-corrected chi connectivity index (χ2v) is 5.99. The molecule has 2 heterocycles. The van der Waals surface area contributed by atoms with Crippen molar-refractivity contribution in [2.75, 3.05) is 18.4 Å². The Bertz CT molecular complexity index is 706. The van der Waals surface area contributed by atoms with Gasteiger partial charge in [-0.05, 0) is 43.3 Å². The number of aryl methyl sites for hydroxylation is 1. The van der Waals surface area contributed by atoms with E-state index in [9.17, 15) is 4.79 Å². The average Bonchev–Trinajstić information content (AvgIpc) is 3.03. The largest absolute Gasteiger partial charge is 0.372 e. The molecule has 2 atom stereocenters. The molecule has 2 amide bonds. The molecule has 8 nitrogen and oxygen atoms in total. The Morgan fingerprint density at radius 1 is 1.33 bits per heavy atom. The predicted octanol–water partition coefficient (Wildman–Crippen LogP) is 2.00. The van der Waals surface area contributed by atoms with E-state index in [1.54, 1.807) is 9.58 Å². The molecule has 24 heavy (non-hydrogen) atoms. The topological polar surface area (TPSA) is 85.2 Å². The summed E-state index contributed by atoms with van der Waals surface area (Å²) in [5.74, 6) is 0.683. The minimum absolute atomic E-state index is 0.0417. The Morgan fingerprint density at radius 2 is 2.08 bits per heavy atom. The normalized spacial score (nSPS) is 20.9. The van der Waals surface area contributed by atoms with Crippen LogP contribution in [0, 0.1) is 0 Å². The molecule has 1 saturated heterocycles. The lowest BCUT2D eigenvalue weighted by molar-refractivity contribution is -0.0530. The molecule has 2 aromatic rings. The fraction of sp³-hybridized carbons (Fsp3) is 0.500. The Balaban J connectivity index is 1.74. The van der Waals surface area contributed by atoms with Gasteiger partial charge in [-0.2, -0.15) is 0 Å². The lowest BCUT2D eigenvalue weighted by Gasteiger charge is -2.35. The smallest absolute Gasteiger partial charge is 0.322 e. The van der Waals surface area contributed by atoms with Crippen molar-refractivity contribution in [1.29, 1.82) is 0 Å². The number of rotatable bonds is 3. The minimum Gasteiger partial charge on any atom is -0.372 e. The van der Waals surface area contributed by atoms with Crippen molar-refractivity contribution in [3.63, 3.8) is 0 Å². The van der Waals surface area contributed by atoms with Crippen LogP contribution in [0.1, 0.15) is 20.8 Å². The summed E-state index contributed by atoms with van der Waals surface area (Å²) in [4.78, 5) is 14.3. The molecule has 0 unspecified atom stereocenters. The SMILES string of the molecule is CCn1nnnc1-c1cccc(NC(=O)N2C[C@@H](C)O[C@@H](C)C2)c1. The van der Waals surface area contributed by atoms with Crippen LogP contribution in [0.2, 0.25) is 0 Å². The Kier molecular flexibility index (Phi) is 4.75. The van der Waals surface area contributed by atoms with Gasteiger partial charge in [-0.15, -0.1) is 5.10 Å². The first-order chi connectivity index (χ1) is 11.6. The van der Waals surface area contributed by atoms with E-state index in [0.717, 1.165) is 11.3 Å². The predicted molar refractivity (Wildman–Crippen MR) is 89.5 cm³/mol. The Labute approximate surface area is 140 Å². The summed E-state index contributed by atoms with van der Waals surface area (Å²) in [7, 11) is 0. The summed E-state index contributed by atoms with van der Waals surface area (Å²) < 4.78 is 7.38. The summed E-state index contributed by atoms with van der Waals surface area (Å²) in [6.07, 6.45) is 0.0834. The molecule has 0 spiro atoms. The fourth-order valence-corrected chi connectivity index (χ4v) is 2.91. The van der Waals surface area contributed by atoms with Crippen molar-refractivity contribution in [1.82, 2.24) is 25.1 Å². The quantitative estimate of drug-likeness (QED) is 0.930. The number of ether oxygens (including phenoxy) is 1. The summed E-state index contributed by atoms with van der Waals surface area (Å²) in [6, 6.07) is 7.42. The van der Waals surface area contributed by atoms with Gasteiger partial charge in [0.05, 0.1) is 12.2 Å². The van der Waals surface area contributed by atoms with Gasteiger partial charge in [-0.25, -0.2) is 9.48 Å². The monoisotopic (exact) mass is 330 g/mol. The maximum Gasteiger partial charge on any atom is 0.322 e. The standard InChI is InChI=1S/C16H22N6O2/c1-4-22-15(18-19-20-22)13-6-5-7-14(8-13)17-16(23)21-9-11(2)24-12(3)10-21/h5-8,11-12H,4,9-10H2,1-3H3,(H,17,23)/t11-,12+. The first-order valence-electron chi connectivity index (χ1n) is 8.14. The molecule has 128 valence electrons. The average molecular weight is 330 g/mol. The van der Waals surface area contributed by atoms with E-state index in [4.69, 9.17) is 4.74 Å². The summed E-state index contributed by atoms with van der Waals surface area (Å²) in [5, 5.41) is 14.6. The van der Waals surface area contributed by atoms with Crippen LogP contribution in [-0.4, -0.2) is 56.4 Å². The zero-order chi connectivity index (χ0) is 17.1. The molecular formula is C16H22N6O2. The molecular weight excluding hydrogens is 308 g/mol. The van der Waals surface area contributed by atoms with Crippen LogP contribution >= 0.6 is 0 Å². The molecule has 1 N–H and O–H groups in total. The number of hydrogen-bond acceptors (Lipinski definition) is 5. The summed E-state index contributed by atoms with van der Waals surface area (Å²) in [6.45, 7) is 7.78. The first-order valence-corrected chi connectivity index (χ1v) is 8.14. The molecule has 0 aliphatic carbocycles. The Hall–Kier alpha value is -2.48. The number of aromatic nitrogens is 4. The number of nitrogens with one attached hydrogen (secondary N) is 1. The molecule has 1 aliphatic heterocycles.